The molecule has 3 nitrogen and oxygen atoms in total. The summed E-state index contributed by atoms with van der Waals surface area (Å²) in [5.74, 6) is 0.0339. The van der Waals surface area contributed by atoms with Gasteiger partial charge in [-0.15, -0.1) is 0 Å². The van der Waals surface area contributed by atoms with Crippen molar-refractivity contribution < 1.29 is 4.79 Å². The number of carbonyl (C=O) groups is 1. The average Bonchev–Trinajstić information content (AvgIpc) is 2.34. The smallest absolute Gasteiger partial charge is 0.227 e. The molecule has 1 aromatic rings. The van der Waals surface area contributed by atoms with Gasteiger partial charge >= 0.3 is 0 Å². The Morgan fingerprint density at radius 1 is 1.44 bits per heavy atom. The van der Waals surface area contributed by atoms with Gasteiger partial charge in [-0.25, -0.2) is 0 Å². The van der Waals surface area contributed by atoms with E-state index in [-0.39, 0.29) is 11.3 Å². The molecule has 0 bridgehead atoms. The molecule has 0 aliphatic heterocycles. The summed E-state index contributed by atoms with van der Waals surface area (Å²) < 4.78 is 0. The molecule has 0 spiro atoms. The molecular weight excluding hydrogens is 224 g/mol. The van der Waals surface area contributed by atoms with E-state index in [2.05, 4.69) is 17.4 Å². The maximum absolute atomic E-state index is 12.3. The van der Waals surface area contributed by atoms with Crippen LogP contribution in [0.2, 0.25) is 0 Å². The van der Waals surface area contributed by atoms with Crippen LogP contribution in [0.1, 0.15) is 31.7 Å². The Kier molecular flexibility index (Phi) is 3.66. The summed E-state index contributed by atoms with van der Waals surface area (Å²) >= 11 is 0. The molecule has 0 radical (unpaired) electrons. The molecule has 0 unspecified atom stereocenters. The van der Waals surface area contributed by atoms with Crippen LogP contribution in [0.25, 0.3) is 0 Å². The Morgan fingerprint density at radius 2 is 2.11 bits per heavy atom. The van der Waals surface area contributed by atoms with E-state index >= 15 is 0 Å². The van der Waals surface area contributed by atoms with Crippen LogP contribution in [-0.4, -0.2) is 11.9 Å². The van der Waals surface area contributed by atoms with E-state index in [1.165, 1.54) is 5.56 Å². The molecule has 1 atom stereocenters. The molecule has 94 valence electrons. The zero-order valence-corrected chi connectivity index (χ0v) is 10.6. The number of nitrogens with one attached hydrogen (secondary N) is 1. The minimum atomic E-state index is -0.411. The van der Waals surface area contributed by atoms with Crippen LogP contribution < -0.4 is 5.32 Å². The molecule has 18 heavy (non-hydrogen) atoms. The van der Waals surface area contributed by atoms with E-state index in [0.717, 1.165) is 25.7 Å². The van der Waals surface area contributed by atoms with Crippen LogP contribution in [0.15, 0.2) is 30.3 Å². The van der Waals surface area contributed by atoms with E-state index in [9.17, 15) is 4.79 Å². The van der Waals surface area contributed by atoms with Gasteiger partial charge in [-0.1, -0.05) is 36.8 Å². The molecule has 1 fully saturated rings. The molecule has 1 aliphatic carbocycles. The third-order valence-corrected chi connectivity index (χ3v) is 3.72. The number of rotatable bonds is 4. The van der Waals surface area contributed by atoms with Gasteiger partial charge in [-0.05, 0) is 31.7 Å². The van der Waals surface area contributed by atoms with Gasteiger partial charge in [0.2, 0.25) is 5.91 Å². The lowest BCUT2D eigenvalue weighted by atomic mass is 9.64. The van der Waals surface area contributed by atoms with Gasteiger partial charge in [-0.2, -0.15) is 5.26 Å². The van der Waals surface area contributed by atoms with Gasteiger partial charge in [0.05, 0.1) is 11.5 Å². The Labute approximate surface area is 108 Å². The Hall–Kier alpha value is -1.82. The van der Waals surface area contributed by atoms with E-state index in [0.29, 0.717) is 0 Å². The summed E-state index contributed by atoms with van der Waals surface area (Å²) in [7, 11) is 0. The van der Waals surface area contributed by atoms with Crippen LogP contribution in [0.3, 0.4) is 0 Å². The fourth-order valence-electron chi connectivity index (χ4n) is 2.46. The van der Waals surface area contributed by atoms with Crippen molar-refractivity contribution in [2.75, 3.05) is 0 Å². The van der Waals surface area contributed by atoms with Crippen molar-refractivity contribution in [1.82, 2.24) is 5.32 Å². The van der Waals surface area contributed by atoms with E-state index in [4.69, 9.17) is 5.26 Å². The first-order valence-electron chi connectivity index (χ1n) is 6.41. The summed E-state index contributed by atoms with van der Waals surface area (Å²) in [6.45, 7) is 1.72. The molecule has 0 saturated heterocycles. The topological polar surface area (TPSA) is 52.9 Å². The molecule has 3 heteroatoms. The number of hydrogen-bond acceptors (Lipinski definition) is 2. The zero-order valence-electron chi connectivity index (χ0n) is 10.6. The highest BCUT2D eigenvalue weighted by Gasteiger charge is 2.44. The number of nitriles is 1. The number of hydrogen-bond donors (Lipinski definition) is 1. The van der Waals surface area contributed by atoms with Crippen molar-refractivity contribution in [3.8, 4) is 6.07 Å². The fourth-order valence-corrected chi connectivity index (χ4v) is 2.46. The maximum Gasteiger partial charge on any atom is 0.227 e. The minimum absolute atomic E-state index is 0.0339. The zero-order chi connectivity index (χ0) is 13.0. The lowest BCUT2D eigenvalue weighted by molar-refractivity contribution is -0.136. The Balaban J connectivity index is 2.07. The summed E-state index contributed by atoms with van der Waals surface area (Å²) in [5, 5.41) is 11.6. The molecule has 1 amide bonds. The van der Waals surface area contributed by atoms with Gasteiger partial charge in [0.1, 0.15) is 6.04 Å². The van der Waals surface area contributed by atoms with Crippen LogP contribution >= 0.6 is 0 Å². The predicted octanol–water partition coefficient (Wildman–Crippen LogP) is 2.43. The Bertz CT molecular complexity index is 457. The highest BCUT2D eigenvalue weighted by atomic mass is 16.2. The minimum Gasteiger partial charge on any atom is -0.340 e. The van der Waals surface area contributed by atoms with Gasteiger partial charge in [-0.3, -0.25) is 4.79 Å². The second-order valence-electron chi connectivity index (χ2n) is 5.12. The van der Waals surface area contributed by atoms with Crippen molar-refractivity contribution in [3.63, 3.8) is 0 Å². The molecule has 0 heterocycles. The molecule has 2 rings (SSSR count). The summed E-state index contributed by atoms with van der Waals surface area (Å²) in [6.07, 6.45) is 3.72. The first-order valence-corrected chi connectivity index (χ1v) is 6.41. The Morgan fingerprint density at radius 3 is 2.61 bits per heavy atom. The van der Waals surface area contributed by atoms with Crippen LogP contribution in [0.4, 0.5) is 0 Å². The molecule has 0 aromatic heterocycles. The van der Waals surface area contributed by atoms with Crippen LogP contribution in [-0.2, 0) is 11.2 Å². The van der Waals surface area contributed by atoms with Crippen molar-refractivity contribution in [1.29, 1.82) is 5.26 Å². The summed E-state index contributed by atoms with van der Waals surface area (Å²) in [5.41, 5.74) is 0.906. The van der Waals surface area contributed by atoms with Gasteiger partial charge < -0.3 is 5.32 Å². The van der Waals surface area contributed by atoms with Crippen molar-refractivity contribution in [2.24, 2.45) is 5.41 Å². The lowest BCUT2D eigenvalue weighted by Gasteiger charge is -2.40. The first kappa shape index (κ1) is 12.6. The van der Waals surface area contributed by atoms with E-state index in [1.807, 2.05) is 24.3 Å². The predicted molar refractivity (Wildman–Crippen MR) is 69.6 cm³/mol. The van der Waals surface area contributed by atoms with Crippen LogP contribution in [0, 0.1) is 16.7 Å². The molecular formula is C15H18N2O. The summed E-state index contributed by atoms with van der Waals surface area (Å²) in [6, 6.07) is 11.7. The van der Waals surface area contributed by atoms with Crippen LogP contribution in [0.5, 0.6) is 0 Å². The first-order chi connectivity index (χ1) is 8.66. The monoisotopic (exact) mass is 242 g/mol. The number of nitrogens with zero attached hydrogens (tertiary/aromatic N) is 1. The fraction of sp³-hybridized carbons (Fsp3) is 0.467. The number of amides is 1. The number of benzene rings is 1. The van der Waals surface area contributed by atoms with Gasteiger partial charge in [0.25, 0.3) is 0 Å². The standard InChI is InChI=1S/C15H18N2O/c1-12(11-16)17-14(18)15(8-5-9-15)10-13-6-3-2-4-7-13/h2-4,6-7,12H,5,8-10H2,1H3,(H,17,18)/t12-/m0/s1. The van der Waals surface area contributed by atoms with E-state index < -0.39 is 6.04 Å². The van der Waals surface area contributed by atoms with Crippen molar-refractivity contribution in [2.45, 2.75) is 38.6 Å². The number of carbonyl (C=O) groups excluding carboxylic acids is 1. The molecule has 1 N–H and O–H groups in total. The molecule has 1 saturated carbocycles. The lowest BCUT2D eigenvalue weighted by Crippen LogP contribution is -2.49. The maximum atomic E-state index is 12.3. The molecule has 1 aromatic carbocycles. The average molecular weight is 242 g/mol. The van der Waals surface area contributed by atoms with Crippen molar-refractivity contribution >= 4 is 5.91 Å². The largest absolute Gasteiger partial charge is 0.340 e. The SMILES string of the molecule is C[C@@H](C#N)NC(=O)C1(Cc2ccccc2)CCC1. The third kappa shape index (κ3) is 2.53. The normalized spacial score (nSPS) is 18.2. The second kappa shape index (κ2) is 5.22. The van der Waals surface area contributed by atoms with E-state index in [1.54, 1.807) is 6.92 Å². The highest BCUT2D eigenvalue weighted by Crippen LogP contribution is 2.44. The highest BCUT2D eigenvalue weighted by molar-refractivity contribution is 5.84. The third-order valence-electron chi connectivity index (χ3n) is 3.72. The molecule has 1 aliphatic rings. The quantitative estimate of drug-likeness (QED) is 0.881. The second-order valence-corrected chi connectivity index (χ2v) is 5.12. The summed E-state index contributed by atoms with van der Waals surface area (Å²) in [4.78, 5) is 12.3. The van der Waals surface area contributed by atoms with Gasteiger partial charge in [0.15, 0.2) is 0 Å². The van der Waals surface area contributed by atoms with Crippen molar-refractivity contribution in [3.05, 3.63) is 35.9 Å². The van der Waals surface area contributed by atoms with Gasteiger partial charge in [0, 0.05) is 0 Å².